The third-order valence-electron chi connectivity index (χ3n) is 4.02. The van der Waals surface area contributed by atoms with Crippen LogP contribution in [0.3, 0.4) is 0 Å². The van der Waals surface area contributed by atoms with Crippen molar-refractivity contribution in [1.29, 1.82) is 0 Å². The molecule has 128 valence electrons. The van der Waals surface area contributed by atoms with Crippen molar-refractivity contribution in [3.63, 3.8) is 0 Å². The van der Waals surface area contributed by atoms with Crippen LogP contribution in [-0.4, -0.2) is 19.1 Å². The molecule has 0 fully saturated rings. The van der Waals surface area contributed by atoms with Gasteiger partial charge in [-0.25, -0.2) is 0 Å². The molecule has 4 heteroatoms. The van der Waals surface area contributed by atoms with Gasteiger partial charge in [0, 0.05) is 0 Å². The molecule has 0 radical (unpaired) electrons. The van der Waals surface area contributed by atoms with E-state index in [2.05, 4.69) is 5.32 Å². The number of aryl methyl sites for hydroxylation is 1. The summed E-state index contributed by atoms with van der Waals surface area (Å²) < 4.78 is 10.9. The molecule has 1 N–H and O–H groups in total. The Hall–Kier alpha value is -2.33. The van der Waals surface area contributed by atoms with E-state index < -0.39 is 6.10 Å². The van der Waals surface area contributed by atoms with Gasteiger partial charge in [-0.05, 0) is 49.6 Å². The first kappa shape index (κ1) is 18.0. The first-order valence-electron chi connectivity index (χ1n) is 8.11. The van der Waals surface area contributed by atoms with Gasteiger partial charge in [0.25, 0.3) is 0 Å². The number of ether oxygens (including phenoxy) is 2. The number of carbonyl (C=O) groups excluding carboxylic acids is 1. The molecule has 24 heavy (non-hydrogen) atoms. The van der Waals surface area contributed by atoms with Gasteiger partial charge in [-0.2, -0.15) is 0 Å². The van der Waals surface area contributed by atoms with Crippen molar-refractivity contribution in [3.8, 4) is 5.75 Å². The lowest BCUT2D eigenvalue weighted by atomic mass is 10.0. The monoisotopic (exact) mass is 327 g/mol. The normalized spacial score (nSPS) is 13.2. The molecule has 2 aromatic carbocycles. The number of benzene rings is 2. The molecule has 0 bridgehead atoms. The van der Waals surface area contributed by atoms with E-state index in [1.165, 1.54) is 0 Å². The molecule has 0 aliphatic heterocycles. The van der Waals surface area contributed by atoms with E-state index >= 15 is 0 Å². The zero-order valence-electron chi connectivity index (χ0n) is 14.7. The average molecular weight is 327 g/mol. The van der Waals surface area contributed by atoms with Crippen LogP contribution in [0.4, 0.5) is 0 Å². The summed E-state index contributed by atoms with van der Waals surface area (Å²) in [6.45, 7) is 6.15. The van der Waals surface area contributed by atoms with Crippen LogP contribution in [0.5, 0.6) is 5.75 Å². The van der Waals surface area contributed by atoms with E-state index in [1.807, 2.05) is 62.4 Å². The molecular weight excluding hydrogens is 302 g/mol. The molecule has 2 rings (SSSR count). The number of rotatable bonds is 7. The molecule has 0 heterocycles. The Morgan fingerprint density at radius 1 is 1.12 bits per heavy atom. The second-order valence-electron chi connectivity index (χ2n) is 5.89. The predicted octanol–water partition coefficient (Wildman–Crippen LogP) is 3.79. The molecule has 0 spiro atoms. The number of nitrogens with one attached hydrogen (secondary N) is 1. The predicted molar refractivity (Wildman–Crippen MR) is 95.0 cm³/mol. The van der Waals surface area contributed by atoms with Gasteiger partial charge in [-0.3, -0.25) is 4.79 Å². The standard InChI is InChI=1S/C20H25NO3/c1-14-8-5-6-11-19(14)15(2)21-20(22)16(3)24-13-17-9-7-10-18(12-17)23-4/h5-12,15-16H,13H2,1-4H3,(H,21,22). The largest absolute Gasteiger partial charge is 0.497 e. The summed E-state index contributed by atoms with van der Waals surface area (Å²) in [5.74, 6) is 0.662. The van der Waals surface area contributed by atoms with E-state index in [0.717, 1.165) is 22.4 Å². The minimum atomic E-state index is -0.525. The summed E-state index contributed by atoms with van der Waals surface area (Å²) in [6.07, 6.45) is -0.525. The van der Waals surface area contributed by atoms with Crippen LogP contribution in [0.1, 0.15) is 36.6 Å². The SMILES string of the molecule is COc1cccc(COC(C)C(=O)NC(C)c2ccccc2C)c1. The molecule has 2 unspecified atom stereocenters. The summed E-state index contributed by atoms with van der Waals surface area (Å²) in [5, 5.41) is 3.01. The Labute approximate surface area is 143 Å². The molecule has 2 aromatic rings. The topological polar surface area (TPSA) is 47.6 Å². The molecule has 0 saturated heterocycles. The maximum absolute atomic E-state index is 12.3. The molecular formula is C20H25NO3. The zero-order valence-corrected chi connectivity index (χ0v) is 14.7. The van der Waals surface area contributed by atoms with Gasteiger partial charge in [-0.15, -0.1) is 0 Å². The van der Waals surface area contributed by atoms with Gasteiger partial charge in [0.05, 0.1) is 19.8 Å². The zero-order chi connectivity index (χ0) is 17.5. The van der Waals surface area contributed by atoms with Crippen LogP contribution < -0.4 is 10.1 Å². The smallest absolute Gasteiger partial charge is 0.249 e. The van der Waals surface area contributed by atoms with Gasteiger partial charge < -0.3 is 14.8 Å². The molecule has 0 saturated carbocycles. The average Bonchev–Trinajstić information content (AvgIpc) is 2.60. The fourth-order valence-corrected chi connectivity index (χ4v) is 2.54. The van der Waals surface area contributed by atoms with Gasteiger partial charge in [0.2, 0.25) is 5.91 Å². The van der Waals surface area contributed by atoms with Gasteiger partial charge in [-0.1, -0.05) is 36.4 Å². The van der Waals surface area contributed by atoms with Crippen LogP contribution >= 0.6 is 0 Å². The first-order valence-corrected chi connectivity index (χ1v) is 8.11. The quantitative estimate of drug-likeness (QED) is 0.842. The number of methoxy groups -OCH3 is 1. The fraction of sp³-hybridized carbons (Fsp3) is 0.350. The third-order valence-corrected chi connectivity index (χ3v) is 4.02. The summed E-state index contributed by atoms with van der Waals surface area (Å²) in [7, 11) is 1.63. The Balaban J connectivity index is 1.89. The van der Waals surface area contributed by atoms with Crippen molar-refractivity contribution in [1.82, 2.24) is 5.32 Å². The van der Waals surface area contributed by atoms with Crippen molar-refractivity contribution in [3.05, 3.63) is 65.2 Å². The number of carbonyl (C=O) groups is 1. The van der Waals surface area contributed by atoms with E-state index in [1.54, 1.807) is 14.0 Å². The maximum Gasteiger partial charge on any atom is 0.249 e. The highest BCUT2D eigenvalue weighted by Gasteiger charge is 2.17. The van der Waals surface area contributed by atoms with Crippen molar-refractivity contribution in [2.75, 3.05) is 7.11 Å². The van der Waals surface area contributed by atoms with Gasteiger partial charge >= 0.3 is 0 Å². The van der Waals surface area contributed by atoms with Gasteiger partial charge in [0.15, 0.2) is 0 Å². The summed E-state index contributed by atoms with van der Waals surface area (Å²) in [5.41, 5.74) is 3.25. The molecule has 0 aliphatic carbocycles. The Kier molecular flexibility index (Phi) is 6.38. The van der Waals surface area contributed by atoms with Crippen LogP contribution in [0, 0.1) is 6.92 Å². The van der Waals surface area contributed by atoms with Gasteiger partial charge in [0.1, 0.15) is 11.9 Å². The lowest BCUT2D eigenvalue weighted by Gasteiger charge is -2.20. The highest BCUT2D eigenvalue weighted by atomic mass is 16.5. The van der Waals surface area contributed by atoms with Crippen molar-refractivity contribution in [2.45, 2.75) is 39.5 Å². The van der Waals surface area contributed by atoms with E-state index in [9.17, 15) is 4.79 Å². The highest BCUT2D eigenvalue weighted by Crippen LogP contribution is 2.17. The number of hydrogen-bond donors (Lipinski definition) is 1. The first-order chi connectivity index (χ1) is 11.5. The molecule has 0 aliphatic rings. The maximum atomic E-state index is 12.3. The lowest BCUT2D eigenvalue weighted by Crippen LogP contribution is -2.36. The second-order valence-corrected chi connectivity index (χ2v) is 5.89. The van der Waals surface area contributed by atoms with Crippen LogP contribution in [0.2, 0.25) is 0 Å². The Bertz CT molecular complexity index is 684. The van der Waals surface area contributed by atoms with E-state index in [4.69, 9.17) is 9.47 Å². The summed E-state index contributed by atoms with van der Waals surface area (Å²) in [6, 6.07) is 15.6. The van der Waals surface area contributed by atoms with E-state index in [-0.39, 0.29) is 11.9 Å². The number of hydrogen-bond acceptors (Lipinski definition) is 3. The molecule has 4 nitrogen and oxygen atoms in total. The summed E-state index contributed by atoms with van der Waals surface area (Å²) >= 11 is 0. The summed E-state index contributed by atoms with van der Waals surface area (Å²) in [4.78, 5) is 12.3. The van der Waals surface area contributed by atoms with Crippen LogP contribution in [-0.2, 0) is 16.1 Å². The van der Waals surface area contributed by atoms with E-state index in [0.29, 0.717) is 6.61 Å². The molecule has 2 atom stereocenters. The van der Waals surface area contributed by atoms with Crippen molar-refractivity contribution < 1.29 is 14.3 Å². The third kappa shape index (κ3) is 4.83. The van der Waals surface area contributed by atoms with Crippen molar-refractivity contribution >= 4 is 5.91 Å². The lowest BCUT2D eigenvalue weighted by molar-refractivity contribution is -0.133. The number of amides is 1. The Morgan fingerprint density at radius 2 is 1.88 bits per heavy atom. The van der Waals surface area contributed by atoms with Crippen LogP contribution in [0.15, 0.2) is 48.5 Å². The molecule has 1 amide bonds. The molecule has 0 aromatic heterocycles. The highest BCUT2D eigenvalue weighted by molar-refractivity contribution is 5.80. The second kappa shape index (κ2) is 8.50. The fourth-order valence-electron chi connectivity index (χ4n) is 2.54. The minimum absolute atomic E-state index is 0.0541. The Morgan fingerprint density at radius 3 is 2.58 bits per heavy atom. The minimum Gasteiger partial charge on any atom is -0.497 e. The van der Waals surface area contributed by atoms with Crippen LogP contribution in [0.25, 0.3) is 0 Å². The van der Waals surface area contributed by atoms with Crippen molar-refractivity contribution in [2.24, 2.45) is 0 Å².